The van der Waals surface area contributed by atoms with E-state index in [1.807, 2.05) is 18.4 Å². The summed E-state index contributed by atoms with van der Waals surface area (Å²) < 4.78 is 17.0. The normalized spacial score (nSPS) is 14.1. The Morgan fingerprint density at radius 1 is 1.03 bits per heavy atom. The van der Waals surface area contributed by atoms with E-state index in [-0.39, 0.29) is 30.2 Å². The average molecular weight is 566 g/mol. The number of hydrogen-bond acceptors (Lipinski definition) is 9. The minimum atomic E-state index is -0.832. The van der Waals surface area contributed by atoms with E-state index < -0.39 is 5.97 Å². The fourth-order valence-electron chi connectivity index (χ4n) is 4.26. The molecule has 11 heteroatoms. The zero-order valence-corrected chi connectivity index (χ0v) is 23.7. The number of carboxylic acid groups (broad SMARTS) is 1. The van der Waals surface area contributed by atoms with Crippen molar-refractivity contribution >= 4 is 45.2 Å². The van der Waals surface area contributed by atoms with Gasteiger partial charge in [-0.15, -0.1) is 11.8 Å². The molecule has 1 atom stereocenters. The highest BCUT2D eigenvalue weighted by atomic mass is 33.1. The van der Waals surface area contributed by atoms with Crippen LogP contribution >= 0.6 is 33.3 Å². The average Bonchev–Trinajstić information content (AvgIpc) is 3.13. The number of benzene rings is 1. The monoisotopic (exact) mass is 565 g/mol. The fraction of sp³-hybridized carbons (Fsp3) is 0.423. The molecule has 0 saturated carbocycles. The molecule has 0 bridgehead atoms. The Morgan fingerprint density at radius 3 is 2.35 bits per heavy atom. The zero-order valence-electron chi connectivity index (χ0n) is 21.3. The number of nitrogens with one attached hydrogen (secondary N) is 1. The van der Waals surface area contributed by atoms with Gasteiger partial charge in [0, 0.05) is 23.5 Å². The van der Waals surface area contributed by atoms with E-state index in [2.05, 4.69) is 5.32 Å². The summed E-state index contributed by atoms with van der Waals surface area (Å²) in [6.07, 6.45) is 3.44. The van der Waals surface area contributed by atoms with E-state index in [1.165, 1.54) is 33.3 Å². The molecule has 2 aromatic rings. The molecular formula is C26H31NO7S3. The number of carbonyl (C=O) groups excluding carboxylic acids is 1. The topological polar surface area (TPSA) is 111 Å². The molecule has 0 radical (unpaired) electrons. The smallest absolute Gasteiger partial charge is 0.304 e. The number of amides is 1. The second-order valence-electron chi connectivity index (χ2n) is 8.16. The molecule has 0 heterocycles. The van der Waals surface area contributed by atoms with Crippen LogP contribution in [0.1, 0.15) is 36.4 Å². The highest BCUT2D eigenvalue weighted by Gasteiger charge is 2.29. The van der Waals surface area contributed by atoms with E-state index in [0.29, 0.717) is 46.5 Å². The highest BCUT2D eigenvalue weighted by molar-refractivity contribution is 8.76. The molecular weight excluding hydrogens is 534 g/mol. The van der Waals surface area contributed by atoms with Crippen molar-refractivity contribution in [1.82, 2.24) is 5.32 Å². The van der Waals surface area contributed by atoms with Crippen LogP contribution in [0.5, 0.6) is 17.2 Å². The molecule has 0 aliphatic heterocycles. The number of carboxylic acids is 1. The summed E-state index contributed by atoms with van der Waals surface area (Å²) in [6.45, 7) is 0. The van der Waals surface area contributed by atoms with Crippen LogP contribution in [0, 0.1) is 0 Å². The summed E-state index contributed by atoms with van der Waals surface area (Å²) in [5.74, 6) is 1.63. The van der Waals surface area contributed by atoms with Gasteiger partial charge < -0.3 is 24.6 Å². The molecule has 2 N–H and O–H groups in total. The van der Waals surface area contributed by atoms with E-state index in [0.717, 1.165) is 22.3 Å². The lowest BCUT2D eigenvalue weighted by molar-refractivity contribution is -0.136. The lowest BCUT2D eigenvalue weighted by Crippen LogP contribution is -2.29. The van der Waals surface area contributed by atoms with Crippen molar-refractivity contribution in [3.8, 4) is 28.4 Å². The third kappa shape index (κ3) is 7.08. The quantitative estimate of drug-likeness (QED) is 0.211. The van der Waals surface area contributed by atoms with Crippen LogP contribution in [0.2, 0.25) is 0 Å². The highest BCUT2D eigenvalue weighted by Crippen LogP contribution is 2.50. The van der Waals surface area contributed by atoms with Gasteiger partial charge in [0.05, 0.1) is 38.7 Å². The summed E-state index contributed by atoms with van der Waals surface area (Å²) >= 11 is 1.37. The Balaban J connectivity index is 1.97. The van der Waals surface area contributed by atoms with E-state index in [9.17, 15) is 14.4 Å². The summed E-state index contributed by atoms with van der Waals surface area (Å²) in [6, 6.07) is 6.89. The van der Waals surface area contributed by atoms with E-state index in [1.54, 1.807) is 33.5 Å². The number of thioether (sulfide) groups is 1. The van der Waals surface area contributed by atoms with E-state index in [4.69, 9.17) is 19.3 Å². The number of fused-ring (bicyclic) bond motifs is 3. The standard InChI is InChI=1S/C26H31NO7S3/c1-32-20-13-15-5-7-18(27-22(29)9-11-36-37-12-10-23(30)31)17-14-19(28)21(35-4)8-6-16(17)24(15)26(34-3)25(20)33-2/h6,8,13-14,18H,5,7,9-12H2,1-4H3,(H,27,29)(H,30,31)/t18-/m0/s1. The number of rotatable bonds is 12. The Morgan fingerprint density at radius 2 is 1.73 bits per heavy atom. The third-order valence-electron chi connectivity index (χ3n) is 5.95. The number of hydrogen-bond donors (Lipinski definition) is 2. The molecule has 200 valence electrons. The third-order valence-corrected chi connectivity index (χ3v) is 9.14. The second kappa shape index (κ2) is 13.9. The number of ether oxygens (including phenoxy) is 3. The van der Waals surface area contributed by atoms with Crippen LogP contribution in [-0.2, 0) is 16.0 Å². The maximum absolute atomic E-state index is 13.0. The van der Waals surface area contributed by atoms with Crippen LogP contribution in [0.3, 0.4) is 0 Å². The second-order valence-corrected chi connectivity index (χ2v) is 11.7. The summed E-state index contributed by atoms with van der Waals surface area (Å²) in [5.41, 5.74) is 3.21. The maximum atomic E-state index is 13.0. The first kappa shape index (κ1) is 29.1. The zero-order chi connectivity index (χ0) is 26.9. The van der Waals surface area contributed by atoms with Gasteiger partial charge in [-0.1, -0.05) is 27.7 Å². The van der Waals surface area contributed by atoms with Gasteiger partial charge in [0.15, 0.2) is 16.9 Å². The number of aryl methyl sites for hydroxylation is 1. The van der Waals surface area contributed by atoms with Gasteiger partial charge in [0.25, 0.3) is 0 Å². The van der Waals surface area contributed by atoms with Crippen LogP contribution in [0.15, 0.2) is 34.0 Å². The SMILES string of the molecule is COc1cc2c(c(OC)c1OC)-c1ccc(SC)c(=O)cc1[C@@H](NC(=O)CCSSCCC(=O)O)CC2. The van der Waals surface area contributed by atoms with Crippen molar-refractivity contribution in [2.24, 2.45) is 0 Å². The molecule has 1 aliphatic carbocycles. The van der Waals surface area contributed by atoms with Crippen LogP contribution in [0.4, 0.5) is 0 Å². The van der Waals surface area contributed by atoms with Crippen LogP contribution in [0.25, 0.3) is 11.1 Å². The maximum Gasteiger partial charge on any atom is 0.304 e. The molecule has 8 nitrogen and oxygen atoms in total. The predicted molar refractivity (Wildman–Crippen MR) is 151 cm³/mol. The summed E-state index contributed by atoms with van der Waals surface area (Å²) in [4.78, 5) is 37.1. The Kier molecular flexibility index (Phi) is 10.9. The molecule has 0 fully saturated rings. The Bertz CT molecular complexity index is 1210. The Hall–Kier alpha value is -2.50. The minimum Gasteiger partial charge on any atom is -0.493 e. The first-order valence-electron chi connectivity index (χ1n) is 11.6. The van der Waals surface area contributed by atoms with Crippen molar-refractivity contribution in [1.29, 1.82) is 0 Å². The van der Waals surface area contributed by atoms with Gasteiger partial charge >= 0.3 is 5.97 Å². The number of carbonyl (C=O) groups is 2. The van der Waals surface area contributed by atoms with Crippen molar-refractivity contribution in [2.75, 3.05) is 39.1 Å². The molecule has 2 aromatic carbocycles. The first-order valence-corrected chi connectivity index (χ1v) is 15.4. The molecule has 0 aromatic heterocycles. The van der Waals surface area contributed by atoms with Gasteiger partial charge in [-0.05, 0) is 54.0 Å². The van der Waals surface area contributed by atoms with Gasteiger partial charge in [-0.2, -0.15) is 0 Å². The molecule has 0 unspecified atom stereocenters. The molecule has 1 aliphatic rings. The van der Waals surface area contributed by atoms with Crippen molar-refractivity contribution in [3.05, 3.63) is 45.6 Å². The van der Waals surface area contributed by atoms with Crippen molar-refractivity contribution in [3.63, 3.8) is 0 Å². The van der Waals surface area contributed by atoms with Gasteiger partial charge in [0.2, 0.25) is 11.7 Å². The largest absolute Gasteiger partial charge is 0.493 e. The lowest BCUT2D eigenvalue weighted by atomic mass is 9.95. The fourth-order valence-corrected chi connectivity index (χ4v) is 6.70. The number of methoxy groups -OCH3 is 3. The van der Waals surface area contributed by atoms with Gasteiger partial charge in [-0.3, -0.25) is 14.4 Å². The predicted octanol–water partition coefficient (Wildman–Crippen LogP) is 4.81. The molecule has 0 saturated heterocycles. The first-order chi connectivity index (χ1) is 17.8. The molecule has 0 spiro atoms. The summed E-state index contributed by atoms with van der Waals surface area (Å²) in [7, 11) is 7.62. The van der Waals surface area contributed by atoms with Gasteiger partial charge in [-0.25, -0.2) is 0 Å². The molecule has 3 rings (SSSR count). The van der Waals surface area contributed by atoms with Gasteiger partial charge in [0.1, 0.15) is 0 Å². The van der Waals surface area contributed by atoms with Crippen molar-refractivity contribution < 1.29 is 28.9 Å². The number of aliphatic carboxylic acids is 1. The molecule has 37 heavy (non-hydrogen) atoms. The van der Waals surface area contributed by atoms with Crippen LogP contribution in [-0.4, -0.2) is 56.1 Å². The summed E-state index contributed by atoms with van der Waals surface area (Å²) in [5, 5.41) is 11.9. The minimum absolute atomic E-state index is 0.0922. The van der Waals surface area contributed by atoms with Crippen molar-refractivity contribution in [2.45, 2.75) is 36.6 Å². The molecule has 1 amide bonds. The Labute approximate surface area is 228 Å². The lowest BCUT2D eigenvalue weighted by Gasteiger charge is -2.20. The van der Waals surface area contributed by atoms with E-state index >= 15 is 0 Å². The van der Waals surface area contributed by atoms with Crippen LogP contribution < -0.4 is 25.0 Å².